The van der Waals surface area contributed by atoms with E-state index in [2.05, 4.69) is 5.32 Å². The molecule has 0 saturated heterocycles. The molecule has 0 radical (unpaired) electrons. The number of anilines is 1. The van der Waals surface area contributed by atoms with Crippen molar-refractivity contribution in [3.63, 3.8) is 0 Å². The quantitative estimate of drug-likeness (QED) is 0.323. The second kappa shape index (κ2) is 13.9. The summed E-state index contributed by atoms with van der Waals surface area (Å²) in [6, 6.07) is 17.3. The smallest absolute Gasteiger partial charge is 0.264 e. The van der Waals surface area contributed by atoms with Crippen molar-refractivity contribution >= 4 is 27.5 Å². The minimum Gasteiger partial charge on any atom is -0.494 e. The van der Waals surface area contributed by atoms with Crippen LogP contribution in [0.25, 0.3) is 0 Å². The zero-order chi connectivity index (χ0) is 29.3. The van der Waals surface area contributed by atoms with E-state index < -0.39 is 34.3 Å². The van der Waals surface area contributed by atoms with Gasteiger partial charge in [0, 0.05) is 13.1 Å². The molecule has 1 unspecified atom stereocenters. The van der Waals surface area contributed by atoms with E-state index in [9.17, 15) is 22.4 Å². The third kappa shape index (κ3) is 7.59. The summed E-state index contributed by atoms with van der Waals surface area (Å²) in [5.74, 6) is -0.967. The summed E-state index contributed by atoms with van der Waals surface area (Å²) >= 11 is 0. The Balaban J connectivity index is 2.01. The Morgan fingerprint density at radius 1 is 0.975 bits per heavy atom. The van der Waals surface area contributed by atoms with Crippen LogP contribution in [-0.2, 0) is 26.2 Å². The van der Waals surface area contributed by atoms with E-state index in [1.54, 1.807) is 6.92 Å². The predicted octanol–water partition coefficient (Wildman–Crippen LogP) is 4.67. The van der Waals surface area contributed by atoms with Crippen molar-refractivity contribution in [2.75, 3.05) is 24.0 Å². The molecule has 0 spiro atoms. The van der Waals surface area contributed by atoms with E-state index in [1.165, 1.54) is 41.3 Å². The van der Waals surface area contributed by atoms with E-state index in [4.69, 9.17) is 4.74 Å². The first-order chi connectivity index (χ1) is 19.1. The summed E-state index contributed by atoms with van der Waals surface area (Å²) in [6.45, 7) is 7.63. The number of rotatable bonds is 13. The molecule has 3 aromatic carbocycles. The van der Waals surface area contributed by atoms with Gasteiger partial charge in [-0.25, -0.2) is 12.8 Å². The highest BCUT2D eigenvalue weighted by Gasteiger charge is 2.32. The van der Waals surface area contributed by atoms with Crippen LogP contribution in [0.5, 0.6) is 5.75 Å². The second-order valence-electron chi connectivity index (χ2n) is 9.31. The number of benzene rings is 3. The zero-order valence-corrected chi connectivity index (χ0v) is 24.1. The molecule has 0 saturated carbocycles. The molecule has 0 aliphatic carbocycles. The van der Waals surface area contributed by atoms with Gasteiger partial charge in [-0.1, -0.05) is 31.2 Å². The van der Waals surface area contributed by atoms with Crippen molar-refractivity contribution in [1.82, 2.24) is 10.2 Å². The van der Waals surface area contributed by atoms with Gasteiger partial charge in [-0.15, -0.1) is 0 Å². The molecule has 1 N–H and O–H groups in total. The minimum atomic E-state index is -4.26. The number of nitrogens with one attached hydrogen (secondary N) is 1. The Morgan fingerprint density at radius 3 is 2.23 bits per heavy atom. The first-order valence-corrected chi connectivity index (χ1v) is 14.6. The summed E-state index contributed by atoms with van der Waals surface area (Å²) in [7, 11) is -4.26. The van der Waals surface area contributed by atoms with Crippen LogP contribution in [-0.4, -0.2) is 50.9 Å². The number of halogens is 1. The van der Waals surface area contributed by atoms with Crippen LogP contribution >= 0.6 is 0 Å². The van der Waals surface area contributed by atoms with Gasteiger partial charge in [0.2, 0.25) is 11.8 Å². The predicted molar refractivity (Wildman–Crippen MR) is 153 cm³/mol. The molecule has 10 heteroatoms. The highest BCUT2D eigenvalue weighted by Crippen LogP contribution is 2.26. The maximum Gasteiger partial charge on any atom is 0.264 e. The average Bonchev–Trinajstić information content (AvgIpc) is 2.94. The Bertz CT molecular complexity index is 1400. The first kappa shape index (κ1) is 30.6. The number of carbonyl (C=O) groups is 2. The number of hydrogen-bond acceptors (Lipinski definition) is 5. The Kier molecular flexibility index (Phi) is 10.7. The van der Waals surface area contributed by atoms with Gasteiger partial charge in [-0.2, -0.15) is 0 Å². The molecule has 2 amide bonds. The summed E-state index contributed by atoms with van der Waals surface area (Å²) in [4.78, 5) is 28.1. The van der Waals surface area contributed by atoms with Crippen molar-refractivity contribution < 1.29 is 27.1 Å². The van der Waals surface area contributed by atoms with Gasteiger partial charge < -0.3 is 15.0 Å². The number of ether oxygens (including phenoxy) is 1. The molecule has 3 rings (SSSR count). The fourth-order valence-electron chi connectivity index (χ4n) is 4.09. The number of hydrogen-bond donors (Lipinski definition) is 1. The van der Waals surface area contributed by atoms with Crippen LogP contribution < -0.4 is 14.4 Å². The second-order valence-corrected chi connectivity index (χ2v) is 11.2. The number of nitrogens with zero attached hydrogens (tertiary/aromatic N) is 2. The lowest BCUT2D eigenvalue weighted by Gasteiger charge is -2.32. The molecule has 0 bridgehead atoms. The van der Waals surface area contributed by atoms with Crippen molar-refractivity contribution in [2.24, 2.45) is 0 Å². The van der Waals surface area contributed by atoms with Gasteiger partial charge in [-0.05, 0) is 86.8 Å². The SMILES string of the molecule is CCCNC(=O)C(C)N(Cc1ccccc1C)C(=O)CN(c1ccc(F)cc1)S(=O)(=O)c1ccc(OCC)cc1. The lowest BCUT2D eigenvalue weighted by molar-refractivity contribution is -0.139. The molecule has 0 aliphatic rings. The minimum absolute atomic E-state index is 0.0627. The monoisotopic (exact) mass is 569 g/mol. The molecule has 0 fully saturated rings. The number of sulfonamides is 1. The van der Waals surface area contributed by atoms with Gasteiger partial charge in [-0.3, -0.25) is 13.9 Å². The first-order valence-electron chi connectivity index (χ1n) is 13.2. The molecule has 1 atom stereocenters. The van der Waals surface area contributed by atoms with Crippen LogP contribution in [0.15, 0.2) is 77.7 Å². The molecule has 3 aromatic rings. The van der Waals surface area contributed by atoms with Crippen LogP contribution in [0.2, 0.25) is 0 Å². The number of amides is 2. The third-order valence-electron chi connectivity index (χ3n) is 6.43. The van der Waals surface area contributed by atoms with Crippen LogP contribution in [0, 0.1) is 12.7 Å². The van der Waals surface area contributed by atoms with E-state index >= 15 is 0 Å². The van der Waals surface area contributed by atoms with E-state index in [0.717, 1.165) is 34.0 Å². The Hall–Kier alpha value is -3.92. The average molecular weight is 570 g/mol. The topological polar surface area (TPSA) is 96.0 Å². The summed E-state index contributed by atoms with van der Waals surface area (Å²) < 4.78 is 47.8. The van der Waals surface area contributed by atoms with E-state index in [-0.39, 0.29) is 23.0 Å². The van der Waals surface area contributed by atoms with Gasteiger partial charge in [0.25, 0.3) is 10.0 Å². The van der Waals surface area contributed by atoms with E-state index in [0.29, 0.717) is 18.9 Å². The van der Waals surface area contributed by atoms with E-state index in [1.807, 2.05) is 45.0 Å². The fourth-order valence-corrected chi connectivity index (χ4v) is 5.50. The highest BCUT2D eigenvalue weighted by atomic mass is 32.2. The number of carbonyl (C=O) groups excluding carboxylic acids is 2. The Morgan fingerprint density at radius 2 is 1.62 bits per heavy atom. The van der Waals surface area contributed by atoms with Crippen LogP contribution in [0.1, 0.15) is 38.3 Å². The molecule has 8 nitrogen and oxygen atoms in total. The number of aryl methyl sites for hydroxylation is 1. The maximum absolute atomic E-state index is 13.9. The largest absolute Gasteiger partial charge is 0.494 e. The standard InChI is InChI=1S/C30H36FN3O5S/c1-5-19-32-30(36)23(4)33(20-24-10-8-7-9-22(24)3)29(35)21-34(26-13-11-25(31)12-14-26)40(37,38)28-17-15-27(16-18-28)39-6-2/h7-18,23H,5-6,19-21H2,1-4H3,(H,32,36). The van der Waals surface area contributed by atoms with Crippen molar-refractivity contribution in [1.29, 1.82) is 0 Å². The Labute approximate surface area is 235 Å². The van der Waals surface area contributed by atoms with Gasteiger partial charge >= 0.3 is 0 Å². The zero-order valence-electron chi connectivity index (χ0n) is 23.3. The van der Waals surface area contributed by atoms with Crippen LogP contribution in [0.4, 0.5) is 10.1 Å². The molecular formula is C30H36FN3O5S. The molecule has 40 heavy (non-hydrogen) atoms. The fraction of sp³-hybridized carbons (Fsp3) is 0.333. The molecule has 0 aliphatic heterocycles. The lowest BCUT2D eigenvalue weighted by atomic mass is 10.1. The summed E-state index contributed by atoms with van der Waals surface area (Å²) in [5.41, 5.74) is 1.87. The molecule has 214 valence electrons. The summed E-state index contributed by atoms with van der Waals surface area (Å²) in [5, 5.41) is 2.81. The van der Waals surface area contributed by atoms with Gasteiger partial charge in [0.15, 0.2) is 0 Å². The van der Waals surface area contributed by atoms with Gasteiger partial charge in [0.1, 0.15) is 24.2 Å². The molecular weight excluding hydrogens is 533 g/mol. The third-order valence-corrected chi connectivity index (χ3v) is 8.22. The van der Waals surface area contributed by atoms with Crippen LogP contribution in [0.3, 0.4) is 0 Å². The van der Waals surface area contributed by atoms with Gasteiger partial charge in [0.05, 0.1) is 17.2 Å². The maximum atomic E-state index is 13.9. The summed E-state index contributed by atoms with van der Waals surface area (Å²) in [6.07, 6.45) is 0.725. The highest BCUT2D eigenvalue weighted by molar-refractivity contribution is 7.92. The van der Waals surface area contributed by atoms with Crippen molar-refractivity contribution in [3.8, 4) is 5.75 Å². The van der Waals surface area contributed by atoms with Crippen molar-refractivity contribution in [2.45, 2.75) is 51.6 Å². The normalized spacial score (nSPS) is 11.9. The van der Waals surface area contributed by atoms with Crippen molar-refractivity contribution in [3.05, 3.63) is 89.7 Å². The molecule has 0 aromatic heterocycles. The molecule has 0 heterocycles. The lowest BCUT2D eigenvalue weighted by Crippen LogP contribution is -2.51.